The van der Waals surface area contributed by atoms with Crippen LogP contribution < -0.4 is 43.0 Å². The quantitative estimate of drug-likeness (QED) is 0.0209. The Kier molecular flexibility index (Phi) is 31.2. The lowest BCUT2D eigenvalue weighted by Crippen LogP contribution is -2.62. The number of allylic oxidation sites excluding steroid dienone is 2. The smallest absolute Gasteiger partial charge is 0.335 e. The Morgan fingerprint density at radius 3 is 1.56 bits per heavy atom. The number of nitrogens with zero attached hydrogens (tertiary/aromatic N) is 6. The molecule has 25 nitrogen and oxygen atoms in total. The van der Waals surface area contributed by atoms with Gasteiger partial charge in [-0.3, -0.25) is 24.1 Å². The number of aliphatic hydroxyl groups is 5. The first-order valence-electron chi connectivity index (χ1n) is 40.9. The zero-order valence-electron chi connectivity index (χ0n) is 71.2. The summed E-state index contributed by atoms with van der Waals surface area (Å²) in [6.45, 7) is 18.5. The van der Waals surface area contributed by atoms with Gasteiger partial charge in [0.05, 0.1) is 51.2 Å². The summed E-state index contributed by atoms with van der Waals surface area (Å²) in [6.07, 6.45) is 7.16. The topological polar surface area (TPSA) is 351 Å². The summed E-state index contributed by atoms with van der Waals surface area (Å²) in [7, 11) is 18.3. The Bertz CT molecular complexity index is 4170. The van der Waals surface area contributed by atoms with Crippen LogP contribution in [0.5, 0.6) is 0 Å². The van der Waals surface area contributed by atoms with Crippen LogP contribution >= 0.6 is 0 Å². The number of ether oxygens (including phenoxy) is 1. The van der Waals surface area contributed by atoms with Gasteiger partial charge in [-0.2, -0.15) is 10.1 Å². The highest BCUT2D eigenvalue weighted by Gasteiger charge is 2.59. The predicted octanol–water partition coefficient (Wildman–Crippen LogP) is 8.43. The van der Waals surface area contributed by atoms with Gasteiger partial charge in [0.1, 0.15) is 30.1 Å². The zero-order chi connectivity index (χ0) is 84.4. The summed E-state index contributed by atoms with van der Waals surface area (Å²) < 4.78 is 5.96. The molecule has 0 aromatic heterocycles. The Labute approximate surface area is 682 Å². The van der Waals surface area contributed by atoms with E-state index in [1.165, 1.54) is 18.4 Å². The summed E-state index contributed by atoms with van der Waals surface area (Å²) in [5.41, 5.74) is 28.7. The van der Waals surface area contributed by atoms with Crippen molar-refractivity contribution >= 4 is 46.4 Å². The van der Waals surface area contributed by atoms with Crippen molar-refractivity contribution in [3.05, 3.63) is 166 Å². The third-order valence-electron chi connectivity index (χ3n) is 25.8. The first-order valence-corrected chi connectivity index (χ1v) is 40.9. The minimum absolute atomic E-state index is 0.0454. The van der Waals surface area contributed by atoms with Gasteiger partial charge >= 0.3 is 5.97 Å². The monoisotopic (exact) mass is 1590 g/mol. The number of hydrogen-bond donors (Lipinski definition) is 12. The van der Waals surface area contributed by atoms with Gasteiger partial charge in [0.25, 0.3) is 5.91 Å². The summed E-state index contributed by atoms with van der Waals surface area (Å²) in [5, 5.41) is 72.2. The lowest BCUT2D eigenvalue weighted by Gasteiger charge is -2.62. The molecule has 3 amide bonds. The Morgan fingerprint density at radius 2 is 1.10 bits per heavy atom. The number of anilines is 4. The molecule has 5 aromatic rings. The van der Waals surface area contributed by atoms with Crippen molar-refractivity contribution in [3.8, 4) is 11.1 Å². The molecule has 25 heteroatoms. The normalized spacial score (nSPS) is 27.3. The number of hydrogen-bond acceptors (Lipinski definition) is 21. The maximum absolute atomic E-state index is 14.2. The molecular weight excluding hydrogens is 1460 g/mol. The van der Waals surface area contributed by atoms with E-state index in [4.69, 9.17) is 36.7 Å². The number of methoxy groups -OCH3 is 1. The second kappa shape index (κ2) is 39.5. The van der Waals surface area contributed by atoms with Gasteiger partial charge < -0.3 is 88.1 Å². The third kappa shape index (κ3) is 21.7. The molecule has 9 aliphatic rings. The molecule has 0 radical (unpaired) electrons. The SMILES string of the molecule is CN(C)CC(N)Cc1cccc(N)c1.CO.COC1=C(CN2O[C@@H](CO)[C@@H]([C@H](C)O)[C@H]2C(=O)N[C@H]2C[C@H]3C[C@@H]([C@@H]2C)C3(C)C)C=CCC1c1cc(C(=O)O)cc(N(C)C)c1.C[C@@H]1[C@@H](NC(=O)[C@@H]2[C@H]([C@H](C)O)[C@H](CO)ON2Cc2cccc(-c3cc(C(=O)N[C@@H](Cc4cccc(N)c4)CN(C)C)cc(N(C)C)c3)c2)C[C@H]2C[C@@H]1C2(C)C. The number of fused-ring (bicyclic) bond motifs is 4. The fraction of sp³-hybridized carbons (Fsp3) is 0.578. The van der Waals surface area contributed by atoms with E-state index in [9.17, 15) is 44.7 Å². The van der Waals surface area contributed by atoms with Crippen molar-refractivity contribution in [1.82, 2.24) is 35.9 Å². The second-order valence-corrected chi connectivity index (χ2v) is 35.5. The molecule has 4 bridgehead atoms. The van der Waals surface area contributed by atoms with Crippen molar-refractivity contribution in [2.75, 3.05) is 125 Å². The molecule has 2 saturated heterocycles. The number of carboxylic acids is 1. The lowest BCUT2D eigenvalue weighted by molar-refractivity contribution is -0.183. The molecule has 7 aliphatic carbocycles. The van der Waals surface area contributed by atoms with Gasteiger partial charge in [-0.05, 0) is 233 Å². The third-order valence-corrected chi connectivity index (χ3v) is 25.8. The standard InChI is InChI=1S/C44H62N6O5.C34H49N3O7.C11H19N3.CH4O/c1-26-37-21-33(44(37,3)4)22-38(26)47-43(54)41-40(27(2)52)39(25-51)55-50(41)23-29-12-9-13-30(15-29)31-18-32(20-36(19-31)49(7)8)42(53)46-35(24-48(5)6)17-28-11-10-14-34(45)16-28;1-18-26-14-23(34(26,3)4)15-27(18)35-32(40)30-29(19(2)39)28(17-38)44-37(30)16-20-9-8-10-25(31(20)43-7)21-11-22(33(41)42)13-24(12-21)36(5)6;1-14(2)8-11(13)7-9-4-3-5-10(12)6-9;1-2/h9-16,18-20,26-27,33,35,37-41,51-52H,17,21-25,45H2,1-8H3,(H,46,53)(H,47,54);8-9,11-13,18-19,23,25-30,38-39H,10,14-17H2,1-7H3,(H,35,40)(H,41,42);3-6,11H,7-8,12-13H2,1-2H3;2H,1H3/t26-,27-,33+,35-,37-,38-,39-,40+,41-;18-,19-,23+,25?,26-,27-,28-,29+,30-;;/m00../s1. The fourth-order valence-corrected chi connectivity index (χ4v) is 19.4. The molecule has 6 saturated carbocycles. The molecule has 115 heavy (non-hydrogen) atoms. The molecule has 2 unspecified atom stereocenters. The number of rotatable bonds is 28. The second-order valence-electron chi connectivity index (χ2n) is 35.5. The number of nitrogen functional groups attached to an aromatic ring is 2. The molecular formula is C90H134N12O13. The first-order chi connectivity index (χ1) is 54.4. The molecule has 2 aliphatic heterocycles. The van der Waals surface area contributed by atoms with Crippen molar-refractivity contribution in [3.63, 3.8) is 0 Å². The van der Waals surface area contributed by atoms with Gasteiger partial charge in [0.15, 0.2) is 0 Å². The number of carbonyl (C=O) groups is 4. The highest BCUT2D eigenvalue weighted by molar-refractivity contribution is 5.97. The van der Waals surface area contributed by atoms with Crippen LogP contribution in [0.3, 0.4) is 0 Å². The fourth-order valence-electron chi connectivity index (χ4n) is 19.4. The van der Waals surface area contributed by atoms with Crippen molar-refractivity contribution in [2.45, 2.75) is 173 Å². The van der Waals surface area contributed by atoms with Crippen LogP contribution in [-0.2, 0) is 43.4 Å². The van der Waals surface area contributed by atoms with E-state index in [0.29, 0.717) is 77.3 Å². The number of nitrogens with two attached hydrogens (primary N) is 3. The maximum atomic E-state index is 14.2. The number of carboxylic acid groups (broad SMARTS) is 1. The van der Waals surface area contributed by atoms with E-state index >= 15 is 0 Å². The van der Waals surface area contributed by atoms with Gasteiger partial charge in [-0.15, -0.1) is 0 Å². The Balaban J connectivity index is 0.000000224. The van der Waals surface area contributed by atoms with E-state index in [-0.39, 0.29) is 85.1 Å². The first kappa shape index (κ1) is 90.9. The molecule has 14 rings (SSSR count). The van der Waals surface area contributed by atoms with Crippen molar-refractivity contribution < 1.29 is 64.2 Å². The number of amides is 3. The minimum Gasteiger partial charge on any atom is -0.500 e. The van der Waals surface area contributed by atoms with Gasteiger partial charge in [-0.1, -0.05) is 96.2 Å². The Morgan fingerprint density at radius 1 is 0.609 bits per heavy atom. The number of aromatic carboxylic acids is 1. The highest BCUT2D eigenvalue weighted by atomic mass is 16.7. The van der Waals surface area contributed by atoms with Crippen LogP contribution in [-0.4, -0.2) is 238 Å². The van der Waals surface area contributed by atoms with E-state index < -0.39 is 54.3 Å². The van der Waals surface area contributed by atoms with Crippen molar-refractivity contribution in [2.24, 2.45) is 63.9 Å². The van der Waals surface area contributed by atoms with Crippen LogP contribution in [0.4, 0.5) is 22.7 Å². The lowest BCUT2D eigenvalue weighted by atomic mass is 9.45. The summed E-state index contributed by atoms with van der Waals surface area (Å²) in [4.78, 5) is 74.6. The van der Waals surface area contributed by atoms with E-state index in [2.05, 4.69) is 79.4 Å². The molecule has 0 spiro atoms. The summed E-state index contributed by atoms with van der Waals surface area (Å²) in [6, 6.07) is 33.4. The zero-order valence-corrected chi connectivity index (χ0v) is 71.2. The maximum Gasteiger partial charge on any atom is 0.335 e. The molecule has 2 heterocycles. The van der Waals surface area contributed by atoms with Gasteiger partial charge in [-0.25, -0.2) is 4.79 Å². The number of likely N-dealkylation sites (N-methyl/N-ethyl adjacent to an activating group) is 2. The van der Waals surface area contributed by atoms with Crippen LogP contribution in [0.1, 0.15) is 136 Å². The highest BCUT2D eigenvalue weighted by Crippen LogP contribution is 2.62. The number of aliphatic hydroxyl groups excluding tert-OH is 5. The van der Waals surface area contributed by atoms with Gasteiger partial charge in [0.2, 0.25) is 11.8 Å². The molecule has 19 atom stereocenters. The largest absolute Gasteiger partial charge is 0.500 e. The van der Waals surface area contributed by atoms with Crippen LogP contribution in [0, 0.1) is 58.2 Å². The summed E-state index contributed by atoms with van der Waals surface area (Å²) in [5.74, 6) is 0.616. The average molecular weight is 1590 g/mol. The number of nitrogens with one attached hydrogen (secondary N) is 3. The van der Waals surface area contributed by atoms with E-state index in [0.717, 1.165) is 83.4 Å². The van der Waals surface area contributed by atoms with E-state index in [1.54, 1.807) is 43.2 Å². The number of benzene rings is 5. The predicted molar refractivity (Wildman–Crippen MR) is 454 cm³/mol. The molecule has 15 N–H and O–H groups in total. The Hall–Kier alpha value is -8.02. The van der Waals surface area contributed by atoms with E-state index in [1.807, 2.05) is 163 Å². The molecule has 8 fully saturated rings. The molecule has 632 valence electrons. The van der Waals surface area contributed by atoms with Crippen molar-refractivity contribution in [1.29, 1.82) is 0 Å². The number of hydroxylamine groups is 4. The number of carbonyl (C=O) groups excluding carboxylic acids is 3. The molecule has 5 aromatic carbocycles. The minimum atomic E-state index is -1.00. The average Bonchev–Trinajstić information content (AvgIpc) is 1.15. The van der Waals surface area contributed by atoms with Crippen LogP contribution in [0.15, 0.2) is 133 Å². The van der Waals surface area contributed by atoms with Gasteiger partial charge in [0, 0.05) is 124 Å². The summed E-state index contributed by atoms with van der Waals surface area (Å²) >= 11 is 0. The van der Waals surface area contributed by atoms with Crippen LogP contribution in [0.25, 0.3) is 11.1 Å². The van der Waals surface area contributed by atoms with Crippen LogP contribution in [0.2, 0.25) is 0 Å².